The van der Waals surface area contributed by atoms with E-state index in [9.17, 15) is 4.79 Å². The molecule has 2 rings (SSSR count). The summed E-state index contributed by atoms with van der Waals surface area (Å²) in [6.45, 7) is 7.62. The van der Waals surface area contributed by atoms with Crippen LogP contribution in [-0.4, -0.2) is 7.11 Å². The lowest BCUT2D eigenvalue weighted by atomic mass is 9.85. The van der Waals surface area contributed by atoms with E-state index in [0.29, 0.717) is 16.9 Å². The third-order valence-electron chi connectivity index (χ3n) is 3.15. The monoisotopic (exact) mass is 244 g/mol. The van der Waals surface area contributed by atoms with E-state index < -0.39 is 5.41 Å². The molecule has 0 N–H and O–H groups in total. The van der Waals surface area contributed by atoms with Gasteiger partial charge in [0.25, 0.3) is 0 Å². The Bertz CT molecular complexity index is 650. The van der Waals surface area contributed by atoms with Crippen LogP contribution >= 0.6 is 0 Å². The van der Waals surface area contributed by atoms with Gasteiger partial charge in [0.1, 0.15) is 11.3 Å². The molecule has 0 aliphatic carbocycles. The lowest BCUT2D eigenvalue weighted by Gasteiger charge is -2.18. The van der Waals surface area contributed by atoms with Gasteiger partial charge in [-0.05, 0) is 18.2 Å². The van der Waals surface area contributed by atoms with Gasteiger partial charge in [-0.25, -0.2) is 4.79 Å². The van der Waals surface area contributed by atoms with Gasteiger partial charge >= 0.3 is 5.63 Å². The number of rotatable bonds is 3. The molecule has 94 valence electrons. The van der Waals surface area contributed by atoms with Gasteiger partial charge in [-0.2, -0.15) is 0 Å². The van der Waals surface area contributed by atoms with Gasteiger partial charge in [0.05, 0.1) is 7.11 Å². The molecule has 3 heteroatoms. The zero-order valence-electron chi connectivity index (χ0n) is 10.8. The predicted octanol–water partition coefficient (Wildman–Crippen LogP) is 3.27. The molecule has 0 spiro atoms. The SMILES string of the molecule is C=CC(C)(C)c1cc2ccc(OC)cc2oc1=O. The van der Waals surface area contributed by atoms with Crippen molar-refractivity contribution in [3.8, 4) is 5.75 Å². The molecule has 0 aliphatic rings. The Morgan fingerprint density at radius 1 is 1.33 bits per heavy atom. The number of benzene rings is 1. The van der Waals surface area contributed by atoms with Crippen LogP contribution in [0.4, 0.5) is 0 Å². The summed E-state index contributed by atoms with van der Waals surface area (Å²) < 4.78 is 10.4. The van der Waals surface area contributed by atoms with E-state index in [1.54, 1.807) is 19.3 Å². The van der Waals surface area contributed by atoms with Crippen LogP contribution in [-0.2, 0) is 5.41 Å². The van der Waals surface area contributed by atoms with Gasteiger partial charge in [0.15, 0.2) is 0 Å². The summed E-state index contributed by atoms with van der Waals surface area (Å²) in [4.78, 5) is 12.0. The second-order valence-corrected chi connectivity index (χ2v) is 4.78. The standard InChI is InChI=1S/C15H16O3/c1-5-15(2,3)12-8-10-6-7-11(17-4)9-13(10)18-14(12)16/h5-9H,1H2,2-4H3. The van der Waals surface area contributed by atoms with Crippen LogP contribution in [0.5, 0.6) is 5.75 Å². The minimum atomic E-state index is -0.408. The summed E-state index contributed by atoms with van der Waals surface area (Å²) in [5.41, 5.74) is 0.396. The van der Waals surface area contributed by atoms with E-state index in [0.717, 1.165) is 5.39 Å². The largest absolute Gasteiger partial charge is 0.497 e. The van der Waals surface area contributed by atoms with Crippen molar-refractivity contribution in [3.63, 3.8) is 0 Å². The minimum absolute atomic E-state index is 0.333. The van der Waals surface area contributed by atoms with Crippen LogP contribution in [0, 0.1) is 0 Å². The molecule has 1 aromatic carbocycles. The number of fused-ring (bicyclic) bond motifs is 1. The molecular formula is C15H16O3. The Morgan fingerprint density at radius 3 is 2.67 bits per heavy atom. The summed E-state index contributed by atoms with van der Waals surface area (Å²) in [6.07, 6.45) is 1.74. The molecule has 2 aromatic rings. The van der Waals surface area contributed by atoms with Crippen LogP contribution in [0.1, 0.15) is 19.4 Å². The van der Waals surface area contributed by atoms with Crippen LogP contribution < -0.4 is 10.4 Å². The molecule has 0 aliphatic heterocycles. The van der Waals surface area contributed by atoms with E-state index in [-0.39, 0.29) is 5.63 Å². The minimum Gasteiger partial charge on any atom is -0.497 e. The maximum absolute atomic E-state index is 12.0. The summed E-state index contributed by atoms with van der Waals surface area (Å²) in [6, 6.07) is 7.27. The fourth-order valence-corrected chi connectivity index (χ4v) is 1.78. The lowest BCUT2D eigenvalue weighted by Crippen LogP contribution is -2.22. The Labute approximate surface area is 106 Å². The highest BCUT2D eigenvalue weighted by atomic mass is 16.5. The number of methoxy groups -OCH3 is 1. The van der Waals surface area contributed by atoms with Crippen molar-refractivity contribution in [3.05, 3.63) is 52.9 Å². The van der Waals surface area contributed by atoms with E-state index in [1.165, 1.54) is 0 Å². The van der Waals surface area contributed by atoms with Crippen molar-refractivity contribution in [1.29, 1.82) is 0 Å². The molecular weight excluding hydrogens is 228 g/mol. The summed E-state index contributed by atoms with van der Waals surface area (Å²) in [7, 11) is 1.58. The van der Waals surface area contributed by atoms with Gasteiger partial charge in [-0.3, -0.25) is 0 Å². The Kier molecular flexibility index (Phi) is 2.99. The summed E-state index contributed by atoms with van der Waals surface area (Å²) in [5, 5.41) is 0.875. The molecule has 0 saturated carbocycles. The number of ether oxygens (including phenoxy) is 1. The first-order valence-electron chi connectivity index (χ1n) is 5.74. The third kappa shape index (κ3) is 2.04. The maximum Gasteiger partial charge on any atom is 0.340 e. The molecule has 0 bridgehead atoms. The zero-order valence-corrected chi connectivity index (χ0v) is 10.8. The topological polar surface area (TPSA) is 39.4 Å². The first kappa shape index (κ1) is 12.4. The Hall–Kier alpha value is -2.03. The highest BCUT2D eigenvalue weighted by Crippen LogP contribution is 2.26. The zero-order chi connectivity index (χ0) is 13.3. The van der Waals surface area contributed by atoms with Crippen molar-refractivity contribution in [2.45, 2.75) is 19.3 Å². The fourth-order valence-electron chi connectivity index (χ4n) is 1.78. The molecule has 0 saturated heterocycles. The molecule has 0 amide bonds. The summed E-state index contributed by atoms with van der Waals surface area (Å²) in [5.74, 6) is 0.668. The van der Waals surface area contributed by atoms with Gasteiger partial charge in [-0.1, -0.05) is 19.9 Å². The van der Waals surface area contributed by atoms with Crippen molar-refractivity contribution in [2.75, 3.05) is 7.11 Å². The molecule has 0 radical (unpaired) electrons. The summed E-state index contributed by atoms with van der Waals surface area (Å²) >= 11 is 0. The fraction of sp³-hybridized carbons (Fsp3) is 0.267. The normalized spacial score (nSPS) is 11.5. The molecule has 1 aromatic heterocycles. The molecule has 0 atom stereocenters. The second kappa shape index (κ2) is 4.33. The van der Waals surface area contributed by atoms with E-state index in [1.807, 2.05) is 32.0 Å². The van der Waals surface area contributed by atoms with Crippen molar-refractivity contribution < 1.29 is 9.15 Å². The molecule has 18 heavy (non-hydrogen) atoms. The maximum atomic E-state index is 12.0. The first-order chi connectivity index (χ1) is 8.47. The average Bonchev–Trinajstić information content (AvgIpc) is 2.37. The Morgan fingerprint density at radius 2 is 2.06 bits per heavy atom. The van der Waals surface area contributed by atoms with Gasteiger partial charge in [0, 0.05) is 22.4 Å². The van der Waals surface area contributed by atoms with E-state index >= 15 is 0 Å². The predicted molar refractivity (Wildman–Crippen MR) is 72.3 cm³/mol. The number of hydrogen-bond acceptors (Lipinski definition) is 3. The van der Waals surface area contributed by atoms with E-state index in [2.05, 4.69) is 6.58 Å². The molecule has 1 heterocycles. The van der Waals surface area contributed by atoms with E-state index in [4.69, 9.17) is 9.15 Å². The van der Waals surface area contributed by atoms with Crippen molar-refractivity contribution in [2.24, 2.45) is 0 Å². The quantitative estimate of drug-likeness (QED) is 0.614. The van der Waals surface area contributed by atoms with Crippen LogP contribution in [0.25, 0.3) is 11.0 Å². The number of hydrogen-bond donors (Lipinski definition) is 0. The highest BCUT2D eigenvalue weighted by Gasteiger charge is 2.21. The first-order valence-corrected chi connectivity index (χ1v) is 5.74. The highest BCUT2D eigenvalue weighted by molar-refractivity contribution is 5.78. The number of allylic oxidation sites excluding steroid dienone is 1. The van der Waals surface area contributed by atoms with Crippen LogP contribution in [0.15, 0.2) is 46.1 Å². The smallest absolute Gasteiger partial charge is 0.340 e. The molecule has 0 fully saturated rings. The van der Waals surface area contributed by atoms with Crippen molar-refractivity contribution >= 4 is 11.0 Å². The lowest BCUT2D eigenvalue weighted by molar-refractivity contribution is 0.414. The Balaban J connectivity index is 2.71. The third-order valence-corrected chi connectivity index (χ3v) is 3.15. The molecule has 3 nitrogen and oxygen atoms in total. The average molecular weight is 244 g/mol. The van der Waals surface area contributed by atoms with Gasteiger partial charge < -0.3 is 9.15 Å². The molecule has 0 unspecified atom stereocenters. The van der Waals surface area contributed by atoms with Gasteiger partial charge in [0.2, 0.25) is 0 Å². The van der Waals surface area contributed by atoms with Crippen LogP contribution in [0.3, 0.4) is 0 Å². The second-order valence-electron chi connectivity index (χ2n) is 4.78. The van der Waals surface area contributed by atoms with Gasteiger partial charge in [-0.15, -0.1) is 6.58 Å². The van der Waals surface area contributed by atoms with Crippen LogP contribution in [0.2, 0.25) is 0 Å². The van der Waals surface area contributed by atoms with Crippen molar-refractivity contribution in [1.82, 2.24) is 0 Å².